The van der Waals surface area contributed by atoms with E-state index in [-0.39, 0.29) is 24.2 Å². The number of anilines is 2. The van der Waals surface area contributed by atoms with Crippen LogP contribution in [0.4, 0.5) is 11.5 Å². The highest BCUT2D eigenvalue weighted by Crippen LogP contribution is 2.23. The van der Waals surface area contributed by atoms with Gasteiger partial charge in [0, 0.05) is 31.4 Å². The van der Waals surface area contributed by atoms with Gasteiger partial charge in [-0.3, -0.25) is 4.79 Å². The highest BCUT2D eigenvalue weighted by atomic mass is 35.5. The van der Waals surface area contributed by atoms with Gasteiger partial charge in [-0.2, -0.15) is 0 Å². The van der Waals surface area contributed by atoms with E-state index in [1.807, 2.05) is 36.4 Å². The van der Waals surface area contributed by atoms with Gasteiger partial charge in [-0.25, -0.2) is 9.97 Å². The number of hydrogen-bond acceptors (Lipinski definition) is 5. The van der Waals surface area contributed by atoms with E-state index in [0.717, 1.165) is 30.2 Å². The Bertz CT molecular complexity index is 652. The summed E-state index contributed by atoms with van der Waals surface area (Å²) in [4.78, 5) is 22.8. The molecular formula is C16H20ClN5O. The number of halogens is 1. The van der Waals surface area contributed by atoms with Gasteiger partial charge < -0.3 is 16.0 Å². The molecule has 0 saturated carbocycles. The minimum absolute atomic E-state index is 0. The van der Waals surface area contributed by atoms with Crippen LogP contribution in [0.25, 0.3) is 0 Å². The number of amides is 1. The average molecular weight is 334 g/mol. The molecule has 2 aromatic rings. The minimum Gasteiger partial charge on any atom is -0.356 e. The molecule has 122 valence electrons. The molecule has 1 saturated heterocycles. The lowest BCUT2D eigenvalue weighted by Crippen LogP contribution is -2.27. The van der Waals surface area contributed by atoms with Crippen molar-refractivity contribution in [2.24, 2.45) is 11.7 Å². The Morgan fingerprint density at radius 1 is 1.30 bits per heavy atom. The second-order valence-electron chi connectivity index (χ2n) is 5.36. The zero-order valence-corrected chi connectivity index (χ0v) is 13.5. The third kappa shape index (κ3) is 4.18. The Morgan fingerprint density at radius 2 is 2.09 bits per heavy atom. The van der Waals surface area contributed by atoms with E-state index < -0.39 is 0 Å². The Morgan fingerprint density at radius 3 is 2.83 bits per heavy atom. The summed E-state index contributed by atoms with van der Waals surface area (Å²) in [7, 11) is 0. The van der Waals surface area contributed by atoms with Crippen molar-refractivity contribution < 1.29 is 4.79 Å². The Kier molecular flexibility index (Phi) is 5.90. The highest BCUT2D eigenvalue weighted by molar-refractivity contribution is 5.93. The summed E-state index contributed by atoms with van der Waals surface area (Å²) in [6, 6.07) is 11.4. The van der Waals surface area contributed by atoms with Crippen LogP contribution in [0.3, 0.4) is 0 Å². The van der Waals surface area contributed by atoms with Crippen molar-refractivity contribution in [3.8, 4) is 0 Å². The van der Waals surface area contributed by atoms with Gasteiger partial charge in [0.2, 0.25) is 5.91 Å². The lowest BCUT2D eigenvalue weighted by molar-refractivity contribution is -0.119. The first kappa shape index (κ1) is 17.2. The van der Waals surface area contributed by atoms with Crippen molar-refractivity contribution in [1.29, 1.82) is 0 Å². The molecule has 0 radical (unpaired) electrons. The van der Waals surface area contributed by atoms with E-state index in [2.05, 4.69) is 20.2 Å². The van der Waals surface area contributed by atoms with Crippen LogP contribution >= 0.6 is 12.4 Å². The maximum Gasteiger partial charge on any atom is 0.229 e. The number of para-hydroxylation sites is 1. The van der Waals surface area contributed by atoms with Crippen molar-refractivity contribution in [3.63, 3.8) is 0 Å². The number of aromatic nitrogens is 2. The molecule has 7 heteroatoms. The minimum atomic E-state index is -0.0310. The number of nitrogens with two attached hydrogens (primary N) is 1. The zero-order chi connectivity index (χ0) is 15.4. The first-order chi connectivity index (χ1) is 10.8. The predicted octanol–water partition coefficient (Wildman–Crippen LogP) is 1.82. The number of nitrogens with zero attached hydrogens (tertiary/aromatic N) is 3. The summed E-state index contributed by atoms with van der Waals surface area (Å²) in [6.07, 6.45) is 2.34. The van der Waals surface area contributed by atoms with Crippen LogP contribution in [0.15, 0.2) is 42.7 Å². The van der Waals surface area contributed by atoms with Crippen LogP contribution in [0, 0.1) is 5.92 Å². The Labute approximate surface area is 141 Å². The van der Waals surface area contributed by atoms with Crippen LogP contribution in [0.5, 0.6) is 0 Å². The molecule has 3 N–H and O–H groups in total. The summed E-state index contributed by atoms with van der Waals surface area (Å²) in [6.45, 7) is 1.87. The third-order valence-corrected chi connectivity index (χ3v) is 3.84. The smallest absolute Gasteiger partial charge is 0.229 e. The summed E-state index contributed by atoms with van der Waals surface area (Å²) in [5.41, 5.74) is 7.25. The van der Waals surface area contributed by atoms with E-state index >= 15 is 0 Å². The molecular weight excluding hydrogens is 314 g/mol. The van der Waals surface area contributed by atoms with Gasteiger partial charge in [0.1, 0.15) is 12.1 Å². The van der Waals surface area contributed by atoms with Gasteiger partial charge >= 0.3 is 0 Å². The van der Waals surface area contributed by atoms with Gasteiger partial charge in [-0.1, -0.05) is 18.2 Å². The van der Waals surface area contributed by atoms with Crippen molar-refractivity contribution in [2.75, 3.05) is 23.3 Å². The van der Waals surface area contributed by atoms with Crippen molar-refractivity contribution in [3.05, 3.63) is 48.4 Å². The molecule has 1 aromatic heterocycles. The fourth-order valence-corrected chi connectivity index (χ4v) is 2.62. The van der Waals surface area contributed by atoms with Crippen LogP contribution in [0.2, 0.25) is 0 Å². The number of hydrogen-bond donors (Lipinski definition) is 2. The topological polar surface area (TPSA) is 84.1 Å². The maximum absolute atomic E-state index is 12.3. The molecule has 23 heavy (non-hydrogen) atoms. The average Bonchev–Trinajstić information content (AvgIpc) is 3.06. The van der Waals surface area contributed by atoms with Crippen LogP contribution < -0.4 is 16.0 Å². The molecule has 6 nitrogen and oxygen atoms in total. The van der Waals surface area contributed by atoms with E-state index in [9.17, 15) is 4.79 Å². The van der Waals surface area contributed by atoms with Crippen molar-refractivity contribution in [1.82, 2.24) is 9.97 Å². The standard InChI is InChI=1S/C16H19N5O.ClH/c17-9-14-8-15(19-11-18-14)21-7-6-12(10-21)16(22)20-13-4-2-1-3-5-13;/h1-5,8,11-12H,6-7,9-10,17H2,(H,20,22);1H. The summed E-state index contributed by atoms with van der Waals surface area (Å²) < 4.78 is 0. The van der Waals surface area contributed by atoms with Crippen LogP contribution in [0.1, 0.15) is 12.1 Å². The number of carbonyl (C=O) groups excluding carboxylic acids is 1. The second kappa shape index (κ2) is 7.89. The van der Waals surface area contributed by atoms with Gasteiger partial charge in [0.25, 0.3) is 0 Å². The molecule has 1 aromatic carbocycles. The van der Waals surface area contributed by atoms with Gasteiger partial charge in [0.15, 0.2) is 0 Å². The lowest BCUT2D eigenvalue weighted by atomic mass is 10.1. The molecule has 3 rings (SSSR count). The molecule has 1 aliphatic heterocycles. The van der Waals surface area contributed by atoms with Gasteiger partial charge in [-0.15, -0.1) is 12.4 Å². The normalized spacial score (nSPS) is 16.7. The van der Waals surface area contributed by atoms with E-state index in [0.29, 0.717) is 13.1 Å². The second-order valence-corrected chi connectivity index (χ2v) is 5.36. The first-order valence-electron chi connectivity index (χ1n) is 7.38. The van der Waals surface area contributed by atoms with Crippen molar-refractivity contribution in [2.45, 2.75) is 13.0 Å². The zero-order valence-electron chi connectivity index (χ0n) is 12.7. The van der Waals surface area contributed by atoms with Crippen LogP contribution in [-0.4, -0.2) is 29.0 Å². The summed E-state index contributed by atoms with van der Waals surface area (Å²) >= 11 is 0. The van der Waals surface area contributed by atoms with Crippen molar-refractivity contribution >= 4 is 29.8 Å². The molecule has 1 unspecified atom stereocenters. The van der Waals surface area contributed by atoms with Gasteiger partial charge in [0.05, 0.1) is 11.6 Å². The fraction of sp³-hybridized carbons (Fsp3) is 0.312. The quantitative estimate of drug-likeness (QED) is 0.891. The number of rotatable bonds is 4. The number of carbonyl (C=O) groups is 1. The largest absolute Gasteiger partial charge is 0.356 e. The molecule has 2 heterocycles. The number of nitrogens with one attached hydrogen (secondary N) is 1. The monoisotopic (exact) mass is 333 g/mol. The SMILES string of the molecule is Cl.NCc1cc(N2CCC(C(=O)Nc3ccccc3)C2)ncn1. The van der Waals surface area contributed by atoms with E-state index in [1.54, 1.807) is 0 Å². The highest BCUT2D eigenvalue weighted by Gasteiger charge is 2.29. The van der Waals surface area contributed by atoms with Gasteiger partial charge in [-0.05, 0) is 18.6 Å². The molecule has 1 atom stereocenters. The van der Waals surface area contributed by atoms with Crippen LogP contribution in [-0.2, 0) is 11.3 Å². The Hall–Kier alpha value is -2.18. The van der Waals surface area contributed by atoms with E-state index in [4.69, 9.17) is 5.73 Å². The summed E-state index contributed by atoms with van der Waals surface area (Å²) in [5.74, 6) is 0.865. The summed E-state index contributed by atoms with van der Waals surface area (Å²) in [5, 5.41) is 2.96. The number of benzene rings is 1. The van der Waals surface area contributed by atoms with E-state index in [1.165, 1.54) is 6.33 Å². The molecule has 0 spiro atoms. The third-order valence-electron chi connectivity index (χ3n) is 3.84. The lowest BCUT2D eigenvalue weighted by Gasteiger charge is -2.17. The molecule has 1 amide bonds. The molecule has 0 aliphatic carbocycles. The first-order valence-corrected chi connectivity index (χ1v) is 7.38. The molecule has 1 aliphatic rings. The maximum atomic E-state index is 12.3. The Balaban J connectivity index is 0.00000192. The molecule has 1 fully saturated rings. The fourth-order valence-electron chi connectivity index (χ4n) is 2.62. The molecule has 0 bridgehead atoms. The predicted molar refractivity (Wildman–Crippen MR) is 92.6 cm³/mol.